The van der Waals surface area contributed by atoms with E-state index < -0.39 is 0 Å². The highest BCUT2D eigenvalue weighted by atomic mass is 32.1. The van der Waals surface area contributed by atoms with E-state index >= 15 is 0 Å². The molecule has 1 aromatic rings. The second kappa shape index (κ2) is 3.49. The summed E-state index contributed by atoms with van der Waals surface area (Å²) < 4.78 is 0. The molecule has 58 valence electrons. The van der Waals surface area contributed by atoms with Gasteiger partial charge in [-0.15, -0.1) is 11.3 Å². The minimum atomic E-state index is 0.136. The van der Waals surface area contributed by atoms with Crippen molar-refractivity contribution in [3.05, 3.63) is 28.0 Å². The highest BCUT2D eigenvalue weighted by Crippen LogP contribution is 2.16. The highest BCUT2D eigenvalue weighted by molar-refractivity contribution is 7.11. The molecule has 0 radical (unpaired) electrons. The topological polar surface area (TPSA) is 17.1 Å². The molecule has 0 atom stereocenters. The molecule has 0 aliphatic heterocycles. The molecule has 0 bridgehead atoms. The summed E-state index contributed by atoms with van der Waals surface area (Å²) >= 11 is 1.59. The molecule has 0 saturated carbocycles. The fourth-order valence-corrected chi connectivity index (χ4v) is 1.70. The van der Waals surface area contributed by atoms with Crippen LogP contribution in [0.5, 0.6) is 0 Å². The average molecular weight is 166 g/mol. The summed E-state index contributed by atoms with van der Waals surface area (Å²) in [5, 5.41) is 1.89. The first-order valence-electron chi connectivity index (χ1n) is 3.46. The Balaban J connectivity index is 2.90. The molecule has 0 fully saturated rings. The maximum absolute atomic E-state index is 10.8. The minimum absolute atomic E-state index is 0.136. The number of hydrogen-bond acceptors (Lipinski definition) is 2. The third-order valence-electron chi connectivity index (χ3n) is 1.36. The number of carbonyl (C=O) groups excluding carboxylic acids is 1. The van der Waals surface area contributed by atoms with Crippen LogP contribution in [-0.4, -0.2) is 5.78 Å². The van der Waals surface area contributed by atoms with Gasteiger partial charge in [0.05, 0.1) is 0 Å². The molecule has 1 rings (SSSR count). The van der Waals surface area contributed by atoms with Gasteiger partial charge in [0.25, 0.3) is 0 Å². The van der Waals surface area contributed by atoms with Gasteiger partial charge in [-0.05, 0) is 26.0 Å². The molecule has 0 amide bonds. The van der Waals surface area contributed by atoms with E-state index in [-0.39, 0.29) is 5.78 Å². The number of hydrogen-bond donors (Lipinski definition) is 0. The minimum Gasteiger partial charge on any atom is -0.294 e. The summed E-state index contributed by atoms with van der Waals surface area (Å²) in [6.45, 7) is 3.55. The van der Waals surface area contributed by atoms with E-state index in [1.165, 1.54) is 0 Å². The Morgan fingerprint density at radius 3 is 2.82 bits per heavy atom. The molecule has 1 aromatic heterocycles. The number of thiophene rings is 1. The molecule has 11 heavy (non-hydrogen) atoms. The van der Waals surface area contributed by atoms with E-state index in [0.717, 1.165) is 10.4 Å². The number of allylic oxidation sites excluding steroid dienone is 1. The van der Waals surface area contributed by atoms with Crippen LogP contribution >= 0.6 is 11.3 Å². The third kappa shape index (κ3) is 2.02. The molecule has 0 saturated heterocycles. The molecule has 0 aromatic carbocycles. The molecule has 0 N–H and O–H groups in total. The summed E-state index contributed by atoms with van der Waals surface area (Å²) in [5.41, 5.74) is 0.808. The van der Waals surface area contributed by atoms with Crippen LogP contribution < -0.4 is 0 Å². The van der Waals surface area contributed by atoms with Crippen molar-refractivity contribution in [1.82, 2.24) is 0 Å². The van der Waals surface area contributed by atoms with Crippen LogP contribution in [0.25, 0.3) is 6.08 Å². The normalized spacial score (nSPS) is 10.7. The molecule has 1 nitrogen and oxygen atoms in total. The molecule has 1 heterocycles. The summed E-state index contributed by atoms with van der Waals surface area (Å²) in [4.78, 5) is 12.0. The summed E-state index contributed by atoms with van der Waals surface area (Å²) in [6.07, 6.45) is 3.97. The molecular weight excluding hydrogens is 156 g/mol. The van der Waals surface area contributed by atoms with Crippen molar-refractivity contribution in [2.75, 3.05) is 0 Å². The number of carbonyl (C=O) groups is 1. The first-order chi connectivity index (χ1) is 5.24. The number of rotatable bonds is 2. The molecule has 2 heteroatoms. The quantitative estimate of drug-likeness (QED) is 0.617. The van der Waals surface area contributed by atoms with Crippen molar-refractivity contribution in [2.45, 2.75) is 13.8 Å². The van der Waals surface area contributed by atoms with Crippen LogP contribution in [0.4, 0.5) is 0 Å². The third-order valence-corrected chi connectivity index (χ3v) is 2.26. The van der Waals surface area contributed by atoms with Crippen LogP contribution in [0, 0.1) is 0 Å². The Morgan fingerprint density at radius 2 is 2.36 bits per heavy atom. The van der Waals surface area contributed by atoms with E-state index in [4.69, 9.17) is 0 Å². The molecular formula is C9H10OS. The van der Waals surface area contributed by atoms with Gasteiger partial charge in [-0.2, -0.15) is 0 Å². The lowest BCUT2D eigenvalue weighted by Gasteiger charge is -1.82. The van der Waals surface area contributed by atoms with E-state index in [1.807, 2.05) is 30.5 Å². The second-order valence-corrected chi connectivity index (χ2v) is 3.24. The summed E-state index contributed by atoms with van der Waals surface area (Å²) in [5.74, 6) is 0.136. The maximum atomic E-state index is 10.8. The molecule has 0 unspecified atom stereocenters. The first kappa shape index (κ1) is 8.21. The van der Waals surface area contributed by atoms with Crippen LogP contribution in [0.2, 0.25) is 0 Å². The number of Topliss-reactive ketones (excluding diaryl/α,β-unsaturated/α-hetero) is 1. The Kier molecular flexibility index (Phi) is 2.60. The fraction of sp³-hybridized carbons (Fsp3) is 0.222. The lowest BCUT2D eigenvalue weighted by atomic mass is 10.2. The predicted octanol–water partition coefficient (Wildman–Crippen LogP) is 2.98. The van der Waals surface area contributed by atoms with Gasteiger partial charge in [0.2, 0.25) is 0 Å². The van der Waals surface area contributed by atoms with Gasteiger partial charge >= 0.3 is 0 Å². The Bertz CT molecular complexity index is 284. The maximum Gasteiger partial charge on any atom is 0.160 e. The van der Waals surface area contributed by atoms with Crippen molar-refractivity contribution in [2.24, 2.45) is 0 Å². The highest BCUT2D eigenvalue weighted by Gasteiger charge is 2.00. The van der Waals surface area contributed by atoms with Gasteiger partial charge in [-0.25, -0.2) is 0 Å². The van der Waals surface area contributed by atoms with Gasteiger partial charge in [0, 0.05) is 15.8 Å². The van der Waals surface area contributed by atoms with Gasteiger partial charge in [0.1, 0.15) is 0 Å². The van der Waals surface area contributed by atoms with Crippen molar-refractivity contribution >= 4 is 23.2 Å². The van der Waals surface area contributed by atoms with Gasteiger partial charge in [0.15, 0.2) is 5.78 Å². The zero-order chi connectivity index (χ0) is 8.27. The lowest BCUT2D eigenvalue weighted by Crippen LogP contribution is -1.85. The number of ketones is 1. The molecule has 0 aliphatic rings. The van der Waals surface area contributed by atoms with Crippen LogP contribution in [0.15, 0.2) is 17.5 Å². The summed E-state index contributed by atoms with van der Waals surface area (Å²) in [7, 11) is 0. The monoisotopic (exact) mass is 166 g/mol. The standard InChI is InChI=1S/C9H10OS/c1-3-4-9-5-8(6-11-9)7(2)10/h3-6H,1-2H3/b4-3+. The lowest BCUT2D eigenvalue weighted by molar-refractivity contribution is 0.101. The van der Waals surface area contributed by atoms with Crippen molar-refractivity contribution < 1.29 is 4.79 Å². The molecule has 0 aliphatic carbocycles. The Morgan fingerprint density at radius 1 is 1.64 bits per heavy atom. The van der Waals surface area contributed by atoms with Crippen LogP contribution in [0.3, 0.4) is 0 Å². The van der Waals surface area contributed by atoms with E-state index in [2.05, 4.69) is 0 Å². The Labute approximate surface area is 70.4 Å². The average Bonchev–Trinajstić information content (AvgIpc) is 2.37. The zero-order valence-electron chi connectivity index (χ0n) is 6.63. The predicted molar refractivity (Wildman–Crippen MR) is 49.0 cm³/mol. The van der Waals surface area contributed by atoms with Crippen molar-refractivity contribution in [3.63, 3.8) is 0 Å². The van der Waals surface area contributed by atoms with Gasteiger partial charge in [-0.1, -0.05) is 6.08 Å². The van der Waals surface area contributed by atoms with E-state index in [0.29, 0.717) is 0 Å². The first-order valence-corrected chi connectivity index (χ1v) is 4.34. The summed E-state index contributed by atoms with van der Waals surface area (Å²) in [6, 6.07) is 1.91. The van der Waals surface area contributed by atoms with Crippen LogP contribution in [0.1, 0.15) is 29.1 Å². The Hall–Kier alpha value is -0.890. The van der Waals surface area contributed by atoms with Gasteiger partial charge < -0.3 is 0 Å². The zero-order valence-corrected chi connectivity index (χ0v) is 7.44. The SMILES string of the molecule is C/C=C/c1cc(C(C)=O)cs1. The smallest absolute Gasteiger partial charge is 0.160 e. The molecule has 0 spiro atoms. The van der Waals surface area contributed by atoms with Crippen LogP contribution in [-0.2, 0) is 0 Å². The fourth-order valence-electron chi connectivity index (χ4n) is 0.789. The van der Waals surface area contributed by atoms with Gasteiger partial charge in [-0.3, -0.25) is 4.79 Å². The largest absolute Gasteiger partial charge is 0.294 e. The van der Waals surface area contributed by atoms with E-state index in [9.17, 15) is 4.79 Å². The van der Waals surface area contributed by atoms with Crippen molar-refractivity contribution in [1.29, 1.82) is 0 Å². The second-order valence-electron chi connectivity index (χ2n) is 2.29. The van der Waals surface area contributed by atoms with Crippen molar-refractivity contribution in [3.8, 4) is 0 Å². The van der Waals surface area contributed by atoms with E-state index in [1.54, 1.807) is 18.3 Å².